The normalized spacial score (nSPS) is 10.4. The molecule has 26 heavy (non-hydrogen) atoms. The van der Waals surface area contributed by atoms with Gasteiger partial charge in [0.25, 0.3) is 0 Å². The van der Waals surface area contributed by atoms with E-state index in [0.717, 1.165) is 6.54 Å². The van der Waals surface area contributed by atoms with Gasteiger partial charge in [0.2, 0.25) is 6.33 Å². The van der Waals surface area contributed by atoms with Crippen molar-refractivity contribution in [2.24, 2.45) is 7.05 Å². The number of nitrogens with zero attached hydrogens (tertiary/aromatic N) is 2. The highest BCUT2D eigenvalue weighted by Gasteiger charge is 2.05. The quantitative estimate of drug-likeness (QED) is 0.263. The summed E-state index contributed by atoms with van der Waals surface area (Å²) in [5, 5.41) is 0. The Hall–Kier alpha value is -2.01. The van der Waals surface area contributed by atoms with Gasteiger partial charge in [-0.25, -0.2) is 9.13 Å². The lowest BCUT2D eigenvalue weighted by atomic mass is 10.3. The Morgan fingerprint density at radius 2 is 1.58 bits per heavy atom. The molecule has 0 atom stereocenters. The van der Waals surface area contributed by atoms with Crippen molar-refractivity contribution in [1.82, 2.24) is 4.57 Å². The zero-order valence-electron chi connectivity index (χ0n) is 14.5. The van der Waals surface area contributed by atoms with E-state index in [2.05, 4.69) is 11.1 Å². The van der Waals surface area contributed by atoms with Crippen LogP contribution in [0.25, 0.3) is 0 Å². The van der Waals surface area contributed by atoms with E-state index >= 15 is 0 Å². The number of benzene rings is 2. The van der Waals surface area contributed by atoms with Crippen LogP contribution in [0.5, 0.6) is 11.5 Å². The van der Waals surface area contributed by atoms with E-state index in [1.807, 2.05) is 97.1 Å². The van der Waals surface area contributed by atoms with E-state index in [4.69, 9.17) is 33.1 Å². The van der Waals surface area contributed by atoms with Crippen LogP contribution in [0.4, 0.5) is 0 Å². The largest absolute Gasteiger partial charge is 0.665 e. The molecule has 7 heteroatoms. The second kappa shape index (κ2) is 10.2. The van der Waals surface area contributed by atoms with Crippen LogP contribution in [-0.2, 0) is 37.6 Å². The summed E-state index contributed by atoms with van der Waals surface area (Å²) in [6.45, 7) is 4.52. The molecule has 0 aliphatic rings. The first-order chi connectivity index (χ1) is 12.5. The van der Waals surface area contributed by atoms with Gasteiger partial charge in [0.1, 0.15) is 30.4 Å². The molecule has 0 amide bonds. The molecular weight excluding hydrogens is 383 g/mol. The first kappa shape index (κ1) is 20.3. The molecule has 0 saturated heterocycles. The minimum atomic E-state index is -2.72. The molecule has 0 spiro atoms. The SMILES string of the molecule is C=CCn1cc[n+](C)c1.S=P([S-])(Oc1ccccc1)Oc1ccccc1. The van der Waals surface area contributed by atoms with Gasteiger partial charge in [0.15, 0.2) is 5.69 Å². The van der Waals surface area contributed by atoms with Crippen molar-refractivity contribution >= 4 is 29.7 Å². The molecule has 2 aromatic carbocycles. The van der Waals surface area contributed by atoms with Crippen molar-refractivity contribution in [3.63, 3.8) is 0 Å². The van der Waals surface area contributed by atoms with Crippen LogP contribution in [0.2, 0.25) is 0 Å². The minimum Gasteiger partial charge on any atom is -0.665 e. The number of imidazole rings is 1. The molecule has 1 heterocycles. The molecule has 0 fully saturated rings. The van der Waals surface area contributed by atoms with Gasteiger partial charge in [-0.1, -0.05) is 49.1 Å². The van der Waals surface area contributed by atoms with E-state index in [1.165, 1.54) is 0 Å². The van der Waals surface area contributed by atoms with Crippen molar-refractivity contribution in [2.45, 2.75) is 6.54 Å². The molecule has 0 radical (unpaired) electrons. The second-order valence-electron chi connectivity index (χ2n) is 5.32. The van der Waals surface area contributed by atoms with Gasteiger partial charge in [-0.3, -0.25) is 0 Å². The Bertz CT molecular complexity index is 809. The second-order valence-corrected chi connectivity index (χ2v) is 10.2. The molecule has 0 saturated carbocycles. The van der Waals surface area contributed by atoms with Crippen molar-refractivity contribution in [2.75, 3.05) is 0 Å². The fraction of sp³-hybridized carbons (Fsp3) is 0.105. The summed E-state index contributed by atoms with van der Waals surface area (Å²) >= 11 is 10.4. The molecule has 0 N–H and O–H groups in total. The fourth-order valence-corrected chi connectivity index (χ4v) is 3.83. The van der Waals surface area contributed by atoms with Crippen molar-refractivity contribution < 1.29 is 13.6 Å². The standard InChI is InChI=1S/C12H11O2PS2.C7H11N2/c16-15(17,13-11-7-3-1-4-8-11)14-12-9-5-2-6-10-12;1-3-4-9-6-5-8(2)7-9/h1-10H,(H,16,17);3,5-7H,1,4H2,2H3/q;+1/p-1. The van der Waals surface area contributed by atoms with Crippen LogP contribution in [0.3, 0.4) is 0 Å². The first-order valence-electron chi connectivity index (χ1n) is 7.91. The Kier molecular flexibility index (Phi) is 7.98. The van der Waals surface area contributed by atoms with Gasteiger partial charge in [0.05, 0.1) is 7.05 Å². The lowest BCUT2D eigenvalue weighted by molar-refractivity contribution is -0.671. The molecule has 1 aromatic heterocycles. The van der Waals surface area contributed by atoms with Crippen LogP contribution in [0, 0.1) is 0 Å². The lowest BCUT2D eigenvalue weighted by Gasteiger charge is -2.29. The average molecular weight is 404 g/mol. The lowest BCUT2D eigenvalue weighted by Crippen LogP contribution is -2.23. The highest BCUT2D eigenvalue weighted by Crippen LogP contribution is 2.46. The predicted molar refractivity (Wildman–Crippen MR) is 112 cm³/mol. The summed E-state index contributed by atoms with van der Waals surface area (Å²) in [4.78, 5) is 0. The van der Waals surface area contributed by atoms with E-state index in [1.54, 1.807) is 0 Å². The maximum atomic E-state index is 5.52. The third kappa shape index (κ3) is 7.48. The molecule has 3 rings (SSSR count). The highest BCUT2D eigenvalue weighted by molar-refractivity contribution is 8.51. The number of para-hydroxylation sites is 2. The van der Waals surface area contributed by atoms with Crippen LogP contribution in [0.1, 0.15) is 0 Å². The van der Waals surface area contributed by atoms with Crippen LogP contribution in [0.15, 0.2) is 92.0 Å². The van der Waals surface area contributed by atoms with Gasteiger partial charge in [-0.15, -0.1) is 0 Å². The Morgan fingerprint density at radius 3 is 1.96 bits per heavy atom. The van der Waals surface area contributed by atoms with Gasteiger partial charge in [-0.2, -0.15) is 0 Å². The maximum Gasteiger partial charge on any atom is 0.243 e. The average Bonchev–Trinajstić information content (AvgIpc) is 3.02. The smallest absolute Gasteiger partial charge is 0.243 e. The zero-order chi connectivity index (χ0) is 18.8. The summed E-state index contributed by atoms with van der Waals surface area (Å²) in [5.41, 5.74) is -2.72. The van der Waals surface area contributed by atoms with Crippen molar-refractivity contribution in [3.8, 4) is 11.5 Å². The van der Waals surface area contributed by atoms with Crippen molar-refractivity contribution in [1.29, 1.82) is 0 Å². The number of aromatic nitrogens is 2. The fourth-order valence-electron chi connectivity index (χ4n) is 2.00. The molecule has 0 aliphatic heterocycles. The Morgan fingerprint density at radius 1 is 1.08 bits per heavy atom. The Labute approximate surface area is 165 Å². The van der Waals surface area contributed by atoms with E-state index in [0.29, 0.717) is 11.5 Å². The molecule has 0 unspecified atom stereocenters. The van der Waals surface area contributed by atoms with Gasteiger partial charge >= 0.3 is 0 Å². The summed E-state index contributed by atoms with van der Waals surface area (Å²) in [6, 6.07) is 18.5. The third-order valence-corrected chi connectivity index (χ3v) is 4.85. The summed E-state index contributed by atoms with van der Waals surface area (Å²) in [7, 11) is 2.00. The van der Waals surface area contributed by atoms with Crippen LogP contribution in [-0.4, -0.2) is 4.57 Å². The molecule has 3 aromatic rings. The molecule has 136 valence electrons. The summed E-state index contributed by atoms with van der Waals surface area (Å²) < 4.78 is 15.1. The highest BCUT2D eigenvalue weighted by atomic mass is 32.9. The van der Waals surface area contributed by atoms with Gasteiger partial charge in [0, 0.05) is 0 Å². The number of aryl methyl sites for hydroxylation is 1. The Balaban J connectivity index is 0.000000228. The van der Waals surface area contributed by atoms with Gasteiger partial charge in [-0.05, 0) is 36.1 Å². The summed E-state index contributed by atoms with van der Waals surface area (Å²) in [6.07, 6.45) is 7.91. The molecular formula is C19H21N2O2PS2. The topological polar surface area (TPSA) is 27.3 Å². The maximum absolute atomic E-state index is 5.52. The summed E-state index contributed by atoms with van der Waals surface area (Å²) in [5.74, 6) is 1.28. The minimum absolute atomic E-state index is 0.641. The van der Waals surface area contributed by atoms with Crippen LogP contribution < -0.4 is 13.6 Å². The number of hydrogen-bond acceptors (Lipinski definition) is 4. The monoisotopic (exact) mass is 404 g/mol. The van der Waals surface area contributed by atoms with Gasteiger partial charge < -0.3 is 21.3 Å². The molecule has 0 aliphatic carbocycles. The number of allylic oxidation sites excluding steroid dienone is 1. The van der Waals surface area contributed by atoms with E-state index in [-0.39, 0.29) is 0 Å². The third-order valence-electron chi connectivity index (χ3n) is 3.08. The molecule has 0 bridgehead atoms. The van der Waals surface area contributed by atoms with Crippen LogP contribution >= 0.6 is 5.69 Å². The zero-order valence-corrected chi connectivity index (χ0v) is 17.0. The number of hydrogen-bond donors (Lipinski definition) is 0. The molecule has 4 nitrogen and oxygen atoms in total. The van der Waals surface area contributed by atoms with E-state index in [9.17, 15) is 0 Å². The number of rotatable bonds is 6. The first-order valence-corrected chi connectivity index (χ1v) is 11.6. The van der Waals surface area contributed by atoms with E-state index < -0.39 is 5.69 Å². The van der Waals surface area contributed by atoms with Crippen molar-refractivity contribution in [3.05, 3.63) is 92.0 Å². The predicted octanol–water partition coefficient (Wildman–Crippen LogP) is 4.41.